The van der Waals surface area contributed by atoms with Crippen molar-refractivity contribution in [1.29, 1.82) is 0 Å². The van der Waals surface area contributed by atoms with Crippen molar-refractivity contribution in [3.8, 4) is 5.75 Å². The predicted molar refractivity (Wildman–Crippen MR) is 101 cm³/mol. The Morgan fingerprint density at radius 2 is 2.15 bits per heavy atom. The molecule has 0 saturated carbocycles. The summed E-state index contributed by atoms with van der Waals surface area (Å²) in [5.74, 6) is 0.266. The van der Waals surface area contributed by atoms with Gasteiger partial charge in [0.1, 0.15) is 23.4 Å². The summed E-state index contributed by atoms with van der Waals surface area (Å²) in [6.07, 6.45) is 3.38. The Balaban J connectivity index is 1.77. The highest BCUT2D eigenvalue weighted by Crippen LogP contribution is 2.25. The maximum absolute atomic E-state index is 13.7. The van der Waals surface area contributed by atoms with Crippen LogP contribution >= 0.6 is 11.6 Å². The molecule has 7 heteroatoms. The van der Waals surface area contributed by atoms with Gasteiger partial charge in [-0.1, -0.05) is 29.8 Å². The van der Waals surface area contributed by atoms with Gasteiger partial charge < -0.3 is 14.6 Å². The van der Waals surface area contributed by atoms with E-state index in [2.05, 4.69) is 10.3 Å². The Labute approximate surface area is 161 Å². The van der Waals surface area contributed by atoms with Gasteiger partial charge in [0, 0.05) is 19.4 Å². The van der Waals surface area contributed by atoms with Gasteiger partial charge in [0.05, 0.1) is 5.02 Å². The number of amides is 1. The average Bonchev–Trinajstić information content (AvgIpc) is 3.06. The first-order valence-corrected chi connectivity index (χ1v) is 8.73. The largest absolute Gasteiger partial charge is 0.482 e. The summed E-state index contributed by atoms with van der Waals surface area (Å²) in [5.41, 5.74) is 1.56. The van der Waals surface area contributed by atoms with Crippen LogP contribution in [0.3, 0.4) is 0 Å². The maximum atomic E-state index is 13.7. The molecular weight excluding hydrogens is 369 g/mol. The number of aromatic nitrogens is 2. The smallest absolute Gasteiger partial charge is 0.258 e. The van der Waals surface area contributed by atoms with Crippen LogP contribution in [0.1, 0.15) is 23.0 Å². The highest BCUT2D eigenvalue weighted by Gasteiger charge is 2.21. The second kappa shape index (κ2) is 8.22. The van der Waals surface area contributed by atoms with Crippen LogP contribution in [0.4, 0.5) is 4.39 Å². The van der Waals surface area contributed by atoms with Crippen LogP contribution < -0.4 is 10.1 Å². The van der Waals surface area contributed by atoms with Gasteiger partial charge in [-0.05, 0) is 42.3 Å². The first-order valence-electron chi connectivity index (χ1n) is 8.35. The molecule has 1 amide bonds. The zero-order valence-corrected chi connectivity index (χ0v) is 15.7. The van der Waals surface area contributed by atoms with E-state index in [1.807, 2.05) is 20.0 Å². The van der Waals surface area contributed by atoms with E-state index < -0.39 is 6.04 Å². The lowest BCUT2D eigenvalue weighted by molar-refractivity contribution is -0.123. The average molecular weight is 388 g/mol. The molecule has 27 heavy (non-hydrogen) atoms. The molecule has 0 saturated heterocycles. The number of carbonyl (C=O) groups is 1. The van der Waals surface area contributed by atoms with Gasteiger partial charge in [-0.3, -0.25) is 4.79 Å². The van der Waals surface area contributed by atoms with Crippen molar-refractivity contribution in [3.63, 3.8) is 0 Å². The van der Waals surface area contributed by atoms with E-state index in [4.69, 9.17) is 16.3 Å². The molecule has 1 atom stereocenters. The van der Waals surface area contributed by atoms with Crippen LogP contribution in [-0.2, 0) is 11.8 Å². The third-order valence-corrected chi connectivity index (χ3v) is 4.36. The highest BCUT2D eigenvalue weighted by molar-refractivity contribution is 6.32. The van der Waals surface area contributed by atoms with Crippen molar-refractivity contribution >= 4 is 17.5 Å². The van der Waals surface area contributed by atoms with E-state index in [0.717, 1.165) is 5.56 Å². The number of benzene rings is 2. The van der Waals surface area contributed by atoms with Gasteiger partial charge in [0.2, 0.25) is 0 Å². The third-order valence-electron chi connectivity index (χ3n) is 4.05. The summed E-state index contributed by atoms with van der Waals surface area (Å²) in [6, 6.07) is 10.8. The molecule has 0 bridgehead atoms. The Morgan fingerprint density at radius 3 is 2.85 bits per heavy atom. The van der Waals surface area contributed by atoms with Gasteiger partial charge in [-0.15, -0.1) is 0 Å². The SMILES string of the molecule is Cc1ccc(Cl)c(OCC(=O)NC(c2cccc(F)c2)c2nccn2C)c1. The number of imidazole rings is 1. The van der Waals surface area contributed by atoms with Gasteiger partial charge in [0.15, 0.2) is 6.61 Å². The van der Waals surface area contributed by atoms with Gasteiger partial charge in [-0.25, -0.2) is 9.37 Å². The fraction of sp³-hybridized carbons (Fsp3) is 0.200. The fourth-order valence-corrected chi connectivity index (χ4v) is 2.88. The number of halogens is 2. The second-order valence-electron chi connectivity index (χ2n) is 6.17. The maximum Gasteiger partial charge on any atom is 0.258 e. The van der Waals surface area contributed by atoms with E-state index >= 15 is 0 Å². The van der Waals surface area contributed by atoms with E-state index in [-0.39, 0.29) is 18.3 Å². The molecule has 0 spiro atoms. The molecule has 0 aliphatic rings. The minimum Gasteiger partial charge on any atom is -0.482 e. The molecule has 0 radical (unpaired) electrons. The first-order chi connectivity index (χ1) is 12.9. The molecule has 3 aromatic rings. The van der Waals surface area contributed by atoms with Gasteiger partial charge in [0.25, 0.3) is 5.91 Å². The fourth-order valence-electron chi connectivity index (χ4n) is 2.71. The Kier molecular flexibility index (Phi) is 5.76. The molecule has 1 N–H and O–H groups in total. The molecule has 1 heterocycles. The highest BCUT2D eigenvalue weighted by atomic mass is 35.5. The lowest BCUT2D eigenvalue weighted by atomic mass is 10.1. The van der Waals surface area contributed by atoms with Crippen molar-refractivity contribution in [1.82, 2.24) is 14.9 Å². The summed E-state index contributed by atoms with van der Waals surface area (Å²) in [5, 5.41) is 3.28. The molecule has 5 nitrogen and oxygen atoms in total. The van der Waals surface area contributed by atoms with Crippen molar-refractivity contribution in [2.24, 2.45) is 7.05 Å². The van der Waals surface area contributed by atoms with Crippen LogP contribution in [-0.4, -0.2) is 22.1 Å². The number of carbonyl (C=O) groups excluding carboxylic acids is 1. The summed E-state index contributed by atoms with van der Waals surface area (Å²) >= 11 is 6.09. The minimum atomic E-state index is -0.607. The standard InChI is InChI=1S/C20H19ClFN3O2/c1-13-6-7-16(21)17(10-13)27-12-18(26)24-19(20-23-8-9-25(20)2)14-4-3-5-15(22)11-14/h3-11,19H,12H2,1-2H3,(H,24,26). The van der Waals surface area contributed by atoms with Crippen molar-refractivity contribution < 1.29 is 13.9 Å². The molecule has 2 aromatic carbocycles. The Bertz CT molecular complexity index is 958. The monoisotopic (exact) mass is 387 g/mol. The number of hydrogen-bond acceptors (Lipinski definition) is 3. The summed E-state index contributed by atoms with van der Waals surface area (Å²) in [4.78, 5) is 16.8. The van der Waals surface area contributed by atoms with E-state index in [1.165, 1.54) is 12.1 Å². The summed E-state index contributed by atoms with van der Waals surface area (Å²) in [6.45, 7) is 1.68. The number of nitrogens with one attached hydrogen (secondary N) is 1. The number of aryl methyl sites for hydroxylation is 2. The summed E-state index contributed by atoms with van der Waals surface area (Å²) < 4.78 is 21.0. The first kappa shape index (κ1) is 18.9. The molecule has 140 valence electrons. The second-order valence-corrected chi connectivity index (χ2v) is 6.58. The van der Waals surface area contributed by atoms with Crippen LogP contribution in [0, 0.1) is 12.7 Å². The number of hydrogen-bond donors (Lipinski definition) is 1. The molecule has 1 unspecified atom stereocenters. The molecule has 0 aliphatic heterocycles. The zero-order chi connectivity index (χ0) is 19.4. The molecule has 0 aliphatic carbocycles. The zero-order valence-electron chi connectivity index (χ0n) is 14.9. The third kappa shape index (κ3) is 4.65. The van der Waals surface area contributed by atoms with Crippen molar-refractivity contribution in [2.45, 2.75) is 13.0 Å². The van der Waals surface area contributed by atoms with Crippen LogP contribution in [0.2, 0.25) is 5.02 Å². The van der Waals surface area contributed by atoms with E-state index in [1.54, 1.807) is 41.2 Å². The van der Waals surface area contributed by atoms with Gasteiger partial charge >= 0.3 is 0 Å². The minimum absolute atomic E-state index is 0.223. The topological polar surface area (TPSA) is 56.1 Å². The molecule has 0 fully saturated rings. The Morgan fingerprint density at radius 1 is 1.33 bits per heavy atom. The van der Waals surface area contributed by atoms with E-state index in [9.17, 15) is 9.18 Å². The normalized spacial score (nSPS) is 11.9. The summed E-state index contributed by atoms with van der Waals surface area (Å²) in [7, 11) is 1.81. The number of rotatable bonds is 6. The number of ether oxygens (including phenoxy) is 1. The molecule has 1 aromatic heterocycles. The van der Waals surface area contributed by atoms with Crippen molar-refractivity contribution in [3.05, 3.63) is 82.6 Å². The van der Waals surface area contributed by atoms with Gasteiger partial charge in [-0.2, -0.15) is 0 Å². The lowest BCUT2D eigenvalue weighted by Crippen LogP contribution is -2.34. The number of nitrogens with zero attached hydrogens (tertiary/aromatic N) is 2. The Hall–Kier alpha value is -2.86. The predicted octanol–water partition coefficient (Wildman–Crippen LogP) is 3.81. The lowest BCUT2D eigenvalue weighted by Gasteiger charge is -2.19. The van der Waals surface area contributed by atoms with Crippen LogP contribution in [0.25, 0.3) is 0 Å². The molecule has 3 rings (SSSR count). The van der Waals surface area contributed by atoms with Crippen LogP contribution in [0.15, 0.2) is 54.9 Å². The van der Waals surface area contributed by atoms with Crippen molar-refractivity contribution in [2.75, 3.05) is 6.61 Å². The van der Waals surface area contributed by atoms with E-state index in [0.29, 0.717) is 22.2 Å². The van der Waals surface area contributed by atoms with Crippen LogP contribution in [0.5, 0.6) is 5.75 Å². The molecular formula is C20H19ClFN3O2. The quantitative estimate of drug-likeness (QED) is 0.699.